The third-order valence-corrected chi connectivity index (χ3v) is 6.37. The lowest BCUT2D eigenvalue weighted by atomic mass is 10.1. The van der Waals surface area contributed by atoms with Gasteiger partial charge in [0.2, 0.25) is 0 Å². The molecule has 29 heavy (non-hydrogen) atoms. The van der Waals surface area contributed by atoms with Gasteiger partial charge in [0.05, 0.1) is 15.9 Å². The Morgan fingerprint density at radius 3 is 2.66 bits per heavy atom. The maximum atomic E-state index is 13.0. The Labute approximate surface area is 166 Å². The molecule has 0 aliphatic heterocycles. The highest BCUT2D eigenvalue weighted by Gasteiger charge is 2.28. The highest BCUT2D eigenvalue weighted by Crippen LogP contribution is 2.37. The Bertz CT molecular complexity index is 1220. The van der Waals surface area contributed by atoms with E-state index >= 15 is 0 Å². The summed E-state index contributed by atoms with van der Waals surface area (Å²) in [7, 11) is -4.04. The minimum atomic E-state index is -4.04. The number of hydrogen-bond donors (Lipinski definition) is 1. The molecular weight excluding hydrogens is 396 g/mol. The summed E-state index contributed by atoms with van der Waals surface area (Å²) in [4.78, 5) is 10.4. The molecule has 10 nitrogen and oxygen atoms in total. The largest absolute Gasteiger partial charge is 0.280 e. The number of aromatic nitrogens is 4. The third kappa shape index (κ3) is 3.68. The van der Waals surface area contributed by atoms with Crippen molar-refractivity contribution in [2.45, 2.75) is 37.6 Å². The van der Waals surface area contributed by atoms with Gasteiger partial charge in [0, 0.05) is 23.4 Å². The van der Waals surface area contributed by atoms with Crippen molar-refractivity contribution >= 4 is 21.4 Å². The van der Waals surface area contributed by atoms with E-state index in [1.54, 1.807) is 42.8 Å². The van der Waals surface area contributed by atoms with Crippen LogP contribution < -0.4 is 4.72 Å². The maximum absolute atomic E-state index is 13.0. The van der Waals surface area contributed by atoms with Crippen LogP contribution in [0.15, 0.2) is 41.3 Å². The first kappa shape index (κ1) is 19.0. The monoisotopic (exact) mass is 414 g/mol. The van der Waals surface area contributed by atoms with Gasteiger partial charge in [-0.1, -0.05) is 12.1 Å². The lowest BCUT2D eigenvalue weighted by Crippen LogP contribution is -2.15. The third-order valence-electron chi connectivity index (χ3n) is 4.86. The van der Waals surface area contributed by atoms with Crippen LogP contribution in [-0.2, 0) is 10.0 Å². The molecule has 1 aliphatic carbocycles. The molecule has 2 aromatic carbocycles. The number of hydrogen-bond acceptors (Lipinski definition) is 7. The van der Waals surface area contributed by atoms with Gasteiger partial charge in [-0.3, -0.25) is 14.8 Å². The quantitative estimate of drug-likeness (QED) is 0.484. The predicted molar refractivity (Wildman–Crippen MR) is 105 cm³/mol. The van der Waals surface area contributed by atoms with Gasteiger partial charge in [-0.25, -0.2) is 13.1 Å². The second-order valence-corrected chi connectivity index (χ2v) is 8.66. The Morgan fingerprint density at radius 2 is 1.97 bits per heavy atom. The van der Waals surface area contributed by atoms with E-state index in [-0.39, 0.29) is 16.6 Å². The summed E-state index contributed by atoms with van der Waals surface area (Å²) in [6.07, 6.45) is 2.02. The lowest BCUT2D eigenvalue weighted by Gasteiger charge is -2.13. The average molecular weight is 414 g/mol. The molecule has 1 saturated carbocycles. The summed E-state index contributed by atoms with van der Waals surface area (Å²) >= 11 is 0. The summed E-state index contributed by atoms with van der Waals surface area (Å²) < 4.78 is 30.2. The molecule has 1 fully saturated rings. The van der Waals surface area contributed by atoms with E-state index in [0.29, 0.717) is 28.2 Å². The van der Waals surface area contributed by atoms with Gasteiger partial charge in [-0.15, -0.1) is 5.10 Å². The van der Waals surface area contributed by atoms with Crippen LogP contribution in [0.25, 0.3) is 11.4 Å². The van der Waals surface area contributed by atoms with Crippen LogP contribution in [0, 0.1) is 24.0 Å². The minimum Gasteiger partial charge on any atom is -0.280 e. The van der Waals surface area contributed by atoms with E-state index in [0.717, 1.165) is 18.9 Å². The molecule has 0 bridgehead atoms. The molecule has 0 unspecified atom stereocenters. The normalized spacial score (nSPS) is 14.0. The molecule has 0 saturated heterocycles. The molecule has 1 N–H and O–H groups in total. The minimum absolute atomic E-state index is 0.127. The summed E-state index contributed by atoms with van der Waals surface area (Å²) in [6, 6.07) is 9.44. The maximum Gasteiger partial charge on any atom is 0.271 e. The number of nitro groups is 1. The molecular formula is C18H18N6O4S. The highest BCUT2D eigenvalue weighted by molar-refractivity contribution is 7.92. The van der Waals surface area contributed by atoms with Gasteiger partial charge in [0.15, 0.2) is 5.82 Å². The van der Waals surface area contributed by atoms with Crippen molar-refractivity contribution in [2.24, 2.45) is 0 Å². The van der Waals surface area contributed by atoms with Gasteiger partial charge >= 0.3 is 0 Å². The van der Waals surface area contributed by atoms with E-state index in [1.807, 2.05) is 0 Å². The Balaban J connectivity index is 1.69. The van der Waals surface area contributed by atoms with Crippen LogP contribution in [0.3, 0.4) is 0 Å². The second kappa shape index (κ2) is 6.92. The van der Waals surface area contributed by atoms with Crippen molar-refractivity contribution < 1.29 is 13.3 Å². The van der Waals surface area contributed by atoms with Gasteiger partial charge in [-0.2, -0.15) is 0 Å². The van der Waals surface area contributed by atoms with Crippen LogP contribution in [0.2, 0.25) is 0 Å². The predicted octanol–water partition coefficient (Wildman–Crippen LogP) is 3.00. The van der Waals surface area contributed by atoms with Crippen molar-refractivity contribution in [3.05, 3.63) is 57.6 Å². The van der Waals surface area contributed by atoms with Crippen molar-refractivity contribution in [1.29, 1.82) is 0 Å². The first-order valence-electron chi connectivity index (χ1n) is 8.93. The number of nitrogens with zero attached hydrogens (tertiary/aromatic N) is 5. The summed E-state index contributed by atoms with van der Waals surface area (Å²) in [5.41, 5.74) is 1.70. The summed E-state index contributed by atoms with van der Waals surface area (Å²) in [6.45, 7) is 3.26. The molecule has 0 radical (unpaired) electrons. The Kier molecular flexibility index (Phi) is 4.53. The van der Waals surface area contributed by atoms with E-state index < -0.39 is 14.9 Å². The molecule has 0 amide bonds. The van der Waals surface area contributed by atoms with Gasteiger partial charge in [0.1, 0.15) is 0 Å². The number of non-ortho nitro benzene ring substituents is 1. The SMILES string of the molecule is Cc1cc([N+](=O)[O-])cc(S(=O)(=O)Nc2cccc(-c3nnnn3C3CC3)c2)c1C. The standard InChI is InChI=1S/C18H18N6O4S/c1-11-8-16(24(25)26)10-17(12(11)2)29(27,28)20-14-5-3-4-13(9-14)18-19-21-22-23(18)15-6-7-15/h3-5,8-10,15,20H,6-7H2,1-2H3. The van der Waals surface area contributed by atoms with Crippen molar-refractivity contribution in [2.75, 3.05) is 4.72 Å². The Morgan fingerprint density at radius 1 is 1.21 bits per heavy atom. The summed E-state index contributed by atoms with van der Waals surface area (Å²) in [5.74, 6) is 0.566. The fourth-order valence-electron chi connectivity index (χ4n) is 3.07. The molecule has 1 heterocycles. The fraction of sp³-hybridized carbons (Fsp3) is 0.278. The molecule has 1 aromatic heterocycles. The molecule has 4 rings (SSSR count). The van der Waals surface area contributed by atoms with Crippen molar-refractivity contribution in [1.82, 2.24) is 20.2 Å². The summed E-state index contributed by atoms with van der Waals surface area (Å²) in [5, 5.41) is 22.9. The van der Waals surface area contributed by atoms with Gasteiger partial charge in [-0.05, 0) is 60.4 Å². The van der Waals surface area contributed by atoms with Crippen molar-refractivity contribution in [3.63, 3.8) is 0 Å². The topological polar surface area (TPSA) is 133 Å². The van der Waals surface area contributed by atoms with Crippen LogP contribution in [0.4, 0.5) is 11.4 Å². The highest BCUT2D eigenvalue weighted by atomic mass is 32.2. The zero-order valence-electron chi connectivity index (χ0n) is 15.7. The first-order valence-corrected chi connectivity index (χ1v) is 10.4. The van der Waals surface area contributed by atoms with Crippen LogP contribution >= 0.6 is 0 Å². The molecule has 11 heteroatoms. The molecule has 0 spiro atoms. The first-order chi connectivity index (χ1) is 13.8. The molecule has 3 aromatic rings. The van der Waals surface area contributed by atoms with Crippen LogP contribution in [-0.4, -0.2) is 33.5 Å². The molecule has 150 valence electrons. The smallest absolute Gasteiger partial charge is 0.271 e. The number of aryl methyl sites for hydroxylation is 1. The van der Waals surface area contributed by atoms with Crippen LogP contribution in [0.5, 0.6) is 0 Å². The molecule has 1 aliphatic rings. The number of nitrogens with one attached hydrogen (secondary N) is 1. The second-order valence-electron chi connectivity index (χ2n) is 7.01. The number of tetrazole rings is 1. The number of benzene rings is 2. The number of nitro benzene ring substituents is 1. The van der Waals surface area contributed by atoms with Gasteiger partial charge < -0.3 is 0 Å². The zero-order chi connectivity index (χ0) is 20.8. The van der Waals surface area contributed by atoms with Gasteiger partial charge in [0.25, 0.3) is 15.7 Å². The molecule has 0 atom stereocenters. The number of rotatable bonds is 6. The van der Waals surface area contributed by atoms with Crippen LogP contribution in [0.1, 0.15) is 30.0 Å². The van der Waals surface area contributed by atoms with E-state index in [1.165, 1.54) is 6.07 Å². The van der Waals surface area contributed by atoms with Crippen molar-refractivity contribution in [3.8, 4) is 11.4 Å². The zero-order valence-corrected chi connectivity index (χ0v) is 16.5. The Hall–Kier alpha value is -3.34. The lowest BCUT2D eigenvalue weighted by molar-refractivity contribution is -0.385. The van der Waals surface area contributed by atoms with E-state index in [9.17, 15) is 18.5 Å². The number of anilines is 1. The number of sulfonamides is 1. The van der Waals surface area contributed by atoms with E-state index in [2.05, 4.69) is 20.2 Å². The fourth-order valence-corrected chi connectivity index (χ4v) is 4.46. The average Bonchev–Trinajstić information content (AvgIpc) is 3.39. The van der Waals surface area contributed by atoms with E-state index in [4.69, 9.17) is 0 Å².